The highest BCUT2D eigenvalue weighted by Crippen LogP contribution is 2.44. The predicted octanol–water partition coefficient (Wildman–Crippen LogP) is 4.44. The van der Waals surface area contributed by atoms with Gasteiger partial charge in [-0.05, 0) is 43.4 Å². The maximum absolute atomic E-state index is 14.7. The zero-order valence-corrected chi connectivity index (χ0v) is 21.3. The lowest BCUT2D eigenvalue weighted by atomic mass is 9.95. The van der Waals surface area contributed by atoms with Crippen LogP contribution in [0.3, 0.4) is 0 Å². The third kappa shape index (κ3) is 6.05. The van der Waals surface area contributed by atoms with Gasteiger partial charge >= 0.3 is 12.4 Å². The smallest absolute Gasteiger partial charge is 0.347 e. The Morgan fingerprint density at radius 1 is 1.00 bits per heavy atom. The summed E-state index contributed by atoms with van der Waals surface area (Å²) in [6, 6.07) is -2.59. The monoisotopic (exact) mass is 599 g/mol. The number of nitrogens with zero attached hydrogens (tertiary/aromatic N) is 2. The fraction of sp³-hybridized carbons (Fsp3) is 0.458. The quantitative estimate of drug-likeness (QED) is 0.496. The number of hydrogen-bond acceptors (Lipinski definition) is 5. The molecule has 0 radical (unpaired) electrons. The molecule has 2 aromatic rings. The van der Waals surface area contributed by atoms with E-state index in [1.54, 1.807) is 0 Å². The minimum absolute atomic E-state index is 0.0854. The molecule has 2 heterocycles. The Balaban J connectivity index is 1.68. The largest absolute Gasteiger partial charge is 0.419 e. The molecule has 40 heavy (non-hydrogen) atoms. The molecule has 1 aliphatic heterocycles. The molecule has 1 aliphatic carbocycles. The average Bonchev–Trinajstić information content (AvgIpc) is 3.57. The number of rotatable bonds is 6. The third-order valence-corrected chi connectivity index (χ3v) is 7.93. The van der Waals surface area contributed by atoms with Crippen molar-refractivity contribution in [2.24, 2.45) is 11.8 Å². The zero-order valence-electron chi connectivity index (χ0n) is 20.5. The van der Waals surface area contributed by atoms with Gasteiger partial charge in [-0.3, -0.25) is 14.6 Å². The van der Waals surface area contributed by atoms with Crippen molar-refractivity contribution in [1.29, 1.82) is 0 Å². The number of aromatic nitrogens is 1. The fourth-order valence-corrected chi connectivity index (χ4v) is 5.32. The number of likely N-dealkylation sites (tertiary alicyclic amines) is 1. The SMILES string of the molecule is CS(=O)(=O)c1cncc(C(=O)N2CCC(C(F)(F)F)C2C(=O)NC(c2cc(F)c(C(F)(F)F)cc2F)C2CC2)c1. The average molecular weight is 600 g/mol. The number of amides is 2. The summed E-state index contributed by atoms with van der Waals surface area (Å²) in [5.41, 5.74) is -2.96. The molecule has 16 heteroatoms. The van der Waals surface area contributed by atoms with Gasteiger partial charge in [-0.25, -0.2) is 17.2 Å². The zero-order chi connectivity index (χ0) is 29.8. The number of carbonyl (C=O) groups is 2. The molecule has 3 unspecified atom stereocenters. The molecule has 3 atom stereocenters. The number of nitrogens with one attached hydrogen (secondary N) is 1. The second kappa shape index (κ2) is 10.3. The van der Waals surface area contributed by atoms with E-state index in [1.807, 2.05) is 0 Å². The van der Waals surface area contributed by atoms with Crippen molar-refractivity contribution in [3.8, 4) is 0 Å². The molecule has 4 rings (SSSR count). The Bertz CT molecular complexity index is 1440. The van der Waals surface area contributed by atoms with Crippen LogP contribution in [0.25, 0.3) is 0 Å². The van der Waals surface area contributed by atoms with Crippen molar-refractivity contribution in [3.05, 3.63) is 58.9 Å². The molecule has 1 saturated heterocycles. The molecule has 2 amide bonds. The molecular formula is C24H21F8N3O4S. The number of pyridine rings is 1. The summed E-state index contributed by atoms with van der Waals surface area (Å²) >= 11 is 0. The van der Waals surface area contributed by atoms with E-state index in [0.717, 1.165) is 24.7 Å². The number of hydrogen-bond donors (Lipinski definition) is 1. The van der Waals surface area contributed by atoms with E-state index in [4.69, 9.17) is 0 Å². The first kappa shape index (κ1) is 29.7. The summed E-state index contributed by atoms with van der Waals surface area (Å²) in [6.45, 7) is -0.554. The Hall–Kier alpha value is -3.30. The Kier molecular flexibility index (Phi) is 7.62. The highest BCUT2D eigenvalue weighted by Gasteiger charge is 2.55. The summed E-state index contributed by atoms with van der Waals surface area (Å²) in [6.07, 6.45) is -7.55. The van der Waals surface area contributed by atoms with Gasteiger partial charge in [-0.15, -0.1) is 0 Å². The maximum atomic E-state index is 14.7. The van der Waals surface area contributed by atoms with E-state index in [0.29, 0.717) is 17.7 Å². The molecule has 0 spiro atoms. The lowest BCUT2D eigenvalue weighted by Crippen LogP contribution is -2.52. The first-order valence-electron chi connectivity index (χ1n) is 11.8. The Morgan fingerprint density at radius 2 is 1.65 bits per heavy atom. The molecule has 2 aliphatic rings. The number of alkyl halides is 6. The van der Waals surface area contributed by atoms with Crippen LogP contribution in [0.15, 0.2) is 35.5 Å². The molecular weight excluding hydrogens is 578 g/mol. The molecule has 1 aromatic heterocycles. The van der Waals surface area contributed by atoms with Crippen LogP contribution >= 0.6 is 0 Å². The standard InChI is InChI=1S/C24H21F8N3O4S/c1-40(38,39)13-6-12(9-33-10-13)22(37)35-5-4-15(23(27,28)29)20(35)21(36)34-19(11-2-3-11)14-7-18(26)16(8-17(14)25)24(30,31)32/h6-11,15,19-20H,2-5H2,1H3,(H,34,36). The minimum Gasteiger partial charge on any atom is -0.347 e. The van der Waals surface area contributed by atoms with E-state index < -0.39 is 99.2 Å². The first-order valence-corrected chi connectivity index (χ1v) is 13.7. The Morgan fingerprint density at radius 3 is 2.20 bits per heavy atom. The number of carbonyl (C=O) groups excluding carboxylic acids is 2. The number of halogens is 8. The van der Waals surface area contributed by atoms with Gasteiger partial charge in [-0.1, -0.05) is 0 Å². The van der Waals surface area contributed by atoms with Crippen molar-refractivity contribution in [2.75, 3.05) is 12.8 Å². The van der Waals surface area contributed by atoms with Crippen LogP contribution in [-0.2, 0) is 20.8 Å². The molecule has 1 N–H and O–H groups in total. The normalized spacial score (nSPS) is 20.9. The van der Waals surface area contributed by atoms with Gasteiger partial charge in [0.05, 0.1) is 28.0 Å². The Labute approximate surface area is 222 Å². The van der Waals surface area contributed by atoms with Gasteiger partial charge in [0.15, 0.2) is 9.84 Å². The minimum atomic E-state index is -5.21. The maximum Gasteiger partial charge on any atom is 0.419 e. The first-order chi connectivity index (χ1) is 18.4. The molecule has 218 valence electrons. The molecule has 7 nitrogen and oxygen atoms in total. The van der Waals surface area contributed by atoms with Crippen LogP contribution in [0.2, 0.25) is 0 Å². The highest BCUT2D eigenvalue weighted by atomic mass is 32.2. The summed E-state index contributed by atoms with van der Waals surface area (Å²) in [5.74, 6) is -8.80. The summed E-state index contributed by atoms with van der Waals surface area (Å²) < 4.78 is 133. The topological polar surface area (TPSA) is 96.4 Å². The number of benzene rings is 1. The third-order valence-electron chi connectivity index (χ3n) is 6.85. The second-order valence-corrected chi connectivity index (χ2v) is 11.8. The lowest BCUT2D eigenvalue weighted by molar-refractivity contribution is -0.182. The van der Waals surface area contributed by atoms with Crippen molar-refractivity contribution in [2.45, 2.75) is 48.6 Å². The van der Waals surface area contributed by atoms with Crippen molar-refractivity contribution in [3.63, 3.8) is 0 Å². The van der Waals surface area contributed by atoms with Crippen LogP contribution in [0, 0.1) is 23.5 Å². The molecule has 1 saturated carbocycles. The van der Waals surface area contributed by atoms with Gasteiger partial charge in [-0.2, -0.15) is 26.3 Å². The van der Waals surface area contributed by atoms with Gasteiger partial charge in [0, 0.05) is 30.8 Å². The van der Waals surface area contributed by atoms with Gasteiger partial charge < -0.3 is 10.2 Å². The van der Waals surface area contributed by atoms with Crippen molar-refractivity contribution in [1.82, 2.24) is 15.2 Å². The lowest BCUT2D eigenvalue weighted by Gasteiger charge is -2.30. The van der Waals surface area contributed by atoms with E-state index >= 15 is 0 Å². The summed E-state index contributed by atoms with van der Waals surface area (Å²) in [5, 5.41) is 2.21. The van der Waals surface area contributed by atoms with E-state index in [9.17, 15) is 53.1 Å². The van der Waals surface area contributed by atoms with Crippen LogP contribution in [0.5, 0.6) is 0 Å². The predicted molar refractivity (Wildman–Crippen MR) is 121 cm³/mol. The van der Waals surface area contributed by atoms with Gasteiger partial charge in [0.25, 0.3) is 5.91 Å². The number of sulfone groups is 1. The second-order valence-electron chi connectivity index (χ2n) is 9.74. The molecule has 1 aromatic carbocycles. The van der Waals surface area contributed by atoms with E-state index in [2.05, 4.69) is 10.3 Å². The van der Waals surface area contributed by atoms with Crippen molar-refractivity contribution >= 4 is 21.7 Å². The van der Waals surface area contributed by atoms with Gasteiger partial charge in [0.2, 0.25) is 5.91 Å². The summed E-state index contributed by atoms with van der Waals surface area (Å²) in [4.78, 5) is 30.3. The van der Waals surface area contributed by atoms with E-state index in [1.165, 1.54) is 0 Å². The van der Waals surface area contributed by atoms with Crippen molar-refractivity contribution < 1.29 is 53.1 Å². The van der Waals surface area contributed by atoms with Crippen LogP contribution in [-0.4, -0.2) is 55.1 Å². The van der Waals surface area contributed by atoms with E-state index in [-0.39, 0.29) is 17.0 Å². The fourth-order valence-electron chi connectivity index (χ4n) is 4.73. The molecule has 0 bridgehead atoms. The highest BCUT2D eigenvalue weighted by molar-refractivity contribution is 7.90. The van der Waals surface area contributed by atoms with Crippen LogP contribution in [0.4, 0.5) is 35.1 Å². The summed E-state index contributed by atoms with van der Waals surface area (Å²) in [7, 11) is -3.84. The van der Waals surface area contributed by atoms with Crippen LogP contribution in [0.1, 0.15) is 46.8 Å². The van der Waals surface area contributed by atoms with Crippen LogP contribution < -0.4 is 5.32 Å². The van der Waals surface area contributed by atoms with Gasteiger partial charge in [0.1, 0.15) is 17.7 Å². The molecule has 2 fully saturated rings.